The van der Waals surface area contributed by atoms with Gasteiger partial charge in [0.15, 0.2) is 0 Å². The number of likely N-dealkylation sites (tertiary alicyclic amines) is 1. The van der Waals surface area contributed by atoms with Gasteiger partial charge in [0.05, 0.1) is 11.1 Å². The zero-order valence-electron chi connectivity index (χ0n) is 12.1. The summed E-state index contributed by atoms with van der Waals surface area (Å²) in [5.41, 5.74) is 0.674. The first-order valence-electron chi connectivity index (χ1n) is 6.96. The molecule has 0 spiro atoms. The molecule has 0 saturated carbocycles. The van der Waals surface area contributed by atoms with Crippen LogP contribution in [0.5, 0.6) is 0 Å². The SMILES string of the molecule is C[C@@H](NC(=O)CCN1C(=O)CCC1=O)c1ccc(F)c(Cl)c1. The molecule has 1 aromatic rings. The lowest BCUT2D eigenvalue weighted by Crippen LogP contribution is -2.34. The molecule has 3 amide bonds. The van der Waals surface area contributed by atoms with Crippen LogP contribution in [0.25, 0.3) is 0 Å². The van der Waals surface area contributed by atoms with E-state index in [1.165, 1.54) is 12.1 Å². The van der Waals surface area contributed by atoms with Gasteiger partial charge >= 0.3 is 0 Å². The van der Waals surface area contributed by atoms with Crippen molar-refractivity contribution in [1.29, 1.82) is 0 Å². The molecule has 1 saturated heterocycles. The summed E-state index contributed by atoms with van der Waals surface area (Å²) in [6.07, 6.45) is 0.465. The molecule has 0 aliphatic carbocycles. The summed E-state index contributed by atoms with van der Waals surface area (Å²) in [5, 5.41) is 2.72. The number of imide groups is 1. The van der Waals surface area contributed by atoms with E-state index in [0.717, 1.165) is 4.90 Å². The maximum absolute atomic E-state index is 13.1. The molecular formula is C15H16ClFN2O3. The van der Waals surface area contributed by atoms with Crippen molar-refractivity contribution in [3.8, 4) is 0 Å². The van der Waals surface area contributed by atoms with Crippen LogP contribution < -0.4 is 5.32 Å². The predicted octanol–water partition coefficient (Wildman–Crippen LogP) is 2.20. The Bertz CT molecular complexity index is 605. The molecule has 2 rings (SSSR count). The Kier molecular flexibility index (Phi) is 5.13. The van der Waals surface area contributed by atoms with E-state index in [2.05, 4.69) is 5.32 Å². The molecule has 0 unspecified atom stereocenters. The minimum absolute atomic E-state index is 0.00754. The zero-order chi connectivity index (χ0) is 16.3. The molecule has 0 aromatic heterocycles. The van der Waals surface area contributed by atoms with Crippen molar-refractivity contribution < 1.29 is 18.8 Å². The van der Waals surface area contributed by atoms with E-state index in [9.17, 15) is 18.8 Å². The minimum Gasteiger partial charge on any atom is -0.350 e. The lowest BCUT2D eigenvalue weighted by Gasteiger charge is -2.17. The number of carbonyl (C=O) groups is 3. The average molecular weight is 327 g/mol. The number of carbonyl (C=O) groups excluding carboxylic acids is 3. The Morgan fingerprint density at radius 2 is 2.00 bits per heavy atom. The van der Waals surface area contributed by atoms with Gasteiger partial charge in [0.1, 0.15) is 5.82 Å². The van der Waals surface area contributed by atoms with E-state index in [1.807, 2.05) is 0 Å². The number of halogens is 2. The van der Waals surface area contributed by atoms with Gasteiger partial charge in [-0.15, -0.1) is 0 Å². The van der Waals surface area contributed by atoms with Crippen molar-refractivity contribution >= 4 is 29.3 Å². The van der Waals surface area contributed by atoms with E-state index in [4.69, 9.17) is 11.6 Å². The number of hydrogen-bond acceptors (Lipinski definition) is 3. The third-order valence-electron chi connectivity index (χ3n) is 3.54. The maximum Gasteiger partial charge on any atom is 0.229 e. The van der Waals surface area contributed by atoms with Crippen molar-refractivity contribution in [2.24, 2.45) is 0 Å². The zero-order valence-corrected chi connectivity index (χ0v) is 12.8. The molecule has 1 aromatic carbocycles. The van der Waals surface area contributed by atoms with Crippen LogP contribution >= 0.6 is 11.6 Å². The van der Waals surface area contributed by atoms with Crippen molar-refractivity contribution in [2.75, 3.05) is 6.54 Å². The van der Waals surface area contributed by atoms with Crippen LogP contribution in [0.2, 0.25) is 5.02 Å². The van der Waals surface area contributed by atoms with Crippen LogP contribution in [0.4, 0.5) is 4.39 Å². The maximum atomic E-state index is 13.1. The number of hydrogen-bond donors (Lipinski definition) is 1. The van der Waals surface area contributed by atoms with Crippen LogP contribution in [0.3, 0.4) is 0 Å². The van der Waals surface area contributed by atoms with Crippen LogP contribution in [0.1, 0.15) is 37.8 Å². The van der Waals surface area contributed by atoms with Crippen LogP contribution in [0, 0.1) is 5.82 Å². The molecule has 7 heteroatoms. The van der Waals surface area contributed by atoms with Crippen LogP contribution in [0.15, 0.2) is 18.2 Å². The minimum atomic E-state index is -0.519. The third-order valence-corrected chi connectivity index (χ3v) is 3.83. The lowest BCUT2D eigenvalue weighted by molar-refractivity contribution is -0.138. The van der Waals surface area contributed by atoms with Crippen molar-refractivity contribution in [2.45, 2.75) is 32.2 Å². The van der Waals surface area contributed by atoms with Gasteiger partial charge in [-0.1, -0.05) is 17.7 Å². The second-order valence-electron chi connectivity index (χ2n) is 5.15. The summed E-state index contributed by atoms with van der Waals surface area (Å²) in [7, 11) is 0. The number of nitrogens with one attached hydrogen (secondary N) is 1. The fourth-order valence-electron chi connectivity index (χ4n) is 2.26. The Balaban J connectivity index is 1.87. The first-order valence-corrected chi connectivity index (χ1v) is 7.34. The van der Waals surface area contributed by atoms with Gasteiger partial charge in [-0.2, -0.15) is 0 Å². The highest BCUT2D eigenvalue weighted by Crippen LogP contribution is 2.20. The molecule has 22 heavy (non-hydrogen) atoms. The second-order valence-corrected chi connectivity index (χ2v) is 5.56. The predicted molar refractivity (Wildman–Crippen MR) is 78.5 cm³/mol. The average Bonchev–Trinajstić information content (AvgIpc) is 2.78. The quantitative estimate of drug-likeness (QED) is 0.843. The van der Waals surface area contributed by atoms with Gasteiger partial charge in [-0.05, 0) is 24.6 Å². The van der Waals surface area contributed by atoms with E-state index >= 15 is 0 Å². The second kappa shape index (κ2) is 6.87. The summed E-state index contributed by atoms with van der Waals surface area (Å²) >= 11 is 5.70. The molecule has 5 nitrogen and oxygen atoms in total. The van der Waals surface area contributed by atoms with E-state index < -0.39 is 5.82 Å². The van der Waals surface area contributed by atoms with Crippen LogP contribution in [-0.2, 0) is 14.4 Å². The van der Waals surface area contributed by atoms with Gasteiger partial charge in [0.2, 0.25) is 17.7 Å². The van der Waals surface area contributed by atoms with Gasteiger partial charge < -0.3 is 5.32 Å². The molecule has 1 aliphatic rings. The Hall–Kier alpha value is -1.95. The fourth-order valence-corrected chi connectivity index (χ4v) is 2.45. The van der Waals surface area contributed by atoms with E-state index in [1.54, 1.807) is 13.0 Å². The molecule has 1 N–H and O–H groups in total. The van der Waals surface area contributed by atoms with Gasteiger partial charge in [0.25, 0.3) is 0 Å². The topological polar surface area (TPSA) is 66.5 Å². The van der Waals surface area contributed by atoms with E-state index in [-0.39, 0.29) is 54.6 Å². The van der Waals surface area contributed by atoms with Crippen molar-refractivity contribution in [3.05, 3.63) is 34.6 Å². The Labute approximate surface area is 132 Å². The van der Waals surface area contributed by atoms with Gasteiger partial charge in [-0.25, -0.2) is 4.39 Å². The molecular weight excluding hydrogens is 311 g/mol. The highest BCUT2D eigenvalue weighted by atomic mass is 35.5. The summed E-state index contributed by atoms with van der Waals surface area (Å²) in [6, 6.07) is 3.88. The van der Waals surface area contributed by atoms with Gasteiger partial charge in [0, 0.05) is 25.8 Å². The van der Waals surface area contributed by atoms with Crippen LogP contribution in [-0.4, -0.2) is 29.2 Å². The summed E-state index contributed by atoms with van der Waals surface area (Å²) in [6.45, 7) is 1.83. The fraction of sp³-hybridized carbons (Fsp3) is 0.400. The molecule has 1 aliphatic heterocycles. The molecule has 0 radical (unpaired) electrons. The third kappa shape index (κ3) is 3.82. The number of benzene rings is 1. The first-order chi connectivity index (χ1) is 10.4. The Morgan fingerprint density at radius 3 is 2.59 bits per heavy atom. The molecule has 1 fully saturated rings. The van der Waals surface area contributed by atoms with Crippen molar-refractivity contribution in [1.82, 2.24) is 10.2 Å². The molecule has 118 valence electrons. The summed E-state index contributed by atoms with van der Waals surface area (Å²) < 4.78 is 13.1. The highest BCUT2D eigenvalue weighted by Gasteiger charge is 2.28. The molecule has 1 atom stereocenters. The summed E-state index contributed by atoms with van der Waals surface area (Å²) in [5.74, 6) is -1.29. The smallest absolute Gasteiger partial charge is 0.229 e. The monoisotopic (exact) mass is 326 g/mol. The normalized spacial score (nSPS) is 16.0. The Morgan fingerprint density at radius 1 is 1.36 bits per heavy atom. The number of nitrogens with zero attached hydrogens (tertiary/aromatic N) is 1. The standard InChI is InChI=1S/C15H16ClFN2O3/c1-9(10-2-3-12(17)11(16)8-10)18-13(20)6-7-19-14(21)4-5-15(19)22/h2-3,8-9H,4-7H2,1H3,(H,18,20)/t9-/m1/s1. The molecule has 0 bridgehead atoms. The number of amides is 3. The van der Waals surface area contributed by atoms with Gasteiger partial charge in [-0.3, -0.25) is 19.3 Å². The highest BCUT2D eigenvalue weighted by molar-refractivity contribution is 6.30. The first kappa shape index (κ1) is 16.4. The van der Waals surface area contributed by atoms with E-state index in [0.29, 0.717) is 5.56 Å². The largest absolute Gasteiger partial charge is 0.350 e. The summed E-state index contributed by atoms with van der Waals surface area (Å²) in [4.78, 5) is 35.9. The molecule has 1 heterocycles. The lowest BCUT2D eigenvalue weighted by atomic mass is 10.1. The number of rotatable bonds is 5. The van der Waals surface area contributed by atoms with Crippen molar-refractivity contribution in [3.63, 3.8) is 0 Å².